The standard InChI is InChI=1S/C12H18N2O3S.ClH/c1-3-5-11(13)12(15)14-9-6-4-7-10(8-9)18(2,16)17;/h4,6-8,11H,3,5,13H2,1-2H3,(H,14,15);1H. The Balaban J connectivity index is 0.00000324. The molecule has 0 aliphatic rings. The molecule has 3 N–H and O–H groups in total. The number of sulfone groups is 1. The second-order valence-corrected chi connectivity index (χ2v) is 6.20. The number of benzene rings is 1. The quantitative estimate of drug-likeness (QED) is 0.864. The molecular formula is C12H19ClN2O3S. The fourth-order valence-electron chi connectivity index (χ4n) is 1.48. The van der Waals surface area contributed by atoms with E-state index in [-0.39, 0.29) is 23.2 Å². The molecule has 1 rings (SSSR count). The van der Waals surface area contributed by atoms with E-state index in [2.05, 4.69) is 5.32 Å². The summed E-state index contributed by atoms with van der Waals surface area (Å²) in [5, 5.41) is 2.61. The number of halogens is 1. The number of carbonyl (C=O) groups excluding carboxylic acids is 1. The van der Waals surface area contributed by atoms with Gasteiger partial charge in [0.05, 0.1) is 10.9 Å². The van der Waals surface area contributed by atoms with Gasteiger partial charge in [0, 0.05) is 11.9 Å². The van der Waals surface area contributed by atoms with Crippen LogP contribution in [0.3, 0.4) is 0 Å². The lowest BCUT2D eigenvalue weighted by atomic mass is 10.1. The van der Waals surface area contributed by atoms with Crippen molar-refractivity contribution in [3.8, 4) is 0 Å². The minimum absolute atomic E-state index is 0. The third kappa shape index (κ3) is 5.59. The van der Waals surface area contributed by atoms with E-state index >= 15 is 0 Å². The number of nitrogens with two attached hydrogens (primary N) is 1. The summed E-state index contributed by atoms with van der Waals surface area (Å²) in [7, 11) is -3.27. The zero-order chi connectivity index (χ0) is 13.8. The first-order chi connectivity index (χ1) is 8.34. The third-order valence-corrected chi connectivity index (χ3v) is 3.58. The Morgan fingerprint density at radius 2 is 2.05 bits per heavy atom. The van der Waals surface area contributed by atoms with Crippen LogP contribution >= 0.6 is 12.4 Å². The van der Waals surface area contributed by atoms with Crippen molar-refractivity contribution in [2.24, 2.45) is 5.73 Å². The molecule has 0 aliphatic heterocycles. The van der Waals surface area contributed by atoms with Crippen molar-refractivity contribution in [3.05, 3.63) is 24.3 Å². The van der Waals surface area contributed by atoms with Gasteiger partial charge >= 0.3 is 0 Å². The molecule has 7 heteroatoms. The van der Waals surface area contributed by atoms with Crippen LogP contribution in [0.5, 0.6) is 0 Å². The van der Waals surface area contributed by atoms with Crippen LogP contribution in [0.1, 0.15) is 19.8 Å². The average Bonchev–Trinajstić information content (AvgIpc) is 2.28. The molecule has 19 heavy (non-hydrogen) atoms. The summed E-state index contributed by atoms with van der Waals surface area (Å²) in [5.74, 6) is -0.303. The summed E-state index contributed by atoms with van der Waals surface area (Å²) >= 11 is 0. The van der Waals surface area contributed by atoms with Gasteiger partial charge in [-0.1, -0.05) is 19.4 Å². The molecule has 0 aromatic heterocycles. The molecule has 1 amide bonds. The number of nitrogens with one attached hydrogen (secondary N) is 1. The van der Waals surface area contributed by atoms with E-state index in [1.54, 1.807) is 12.1 Å². The lowest BCUT2D eigenvalue weighted by molar-refractivity contribution is -0.117. The monoisotopic (exact) mass is 306 g/mol. The van der Waals surface area contributed by atoms with Gasteiger partial charge in [-0.15, -0.1) is 12.4 Å². The van der Waals surface area contributed by atoms with E-state index < -0.39 is 15.9 Å². The van der Waals surface area contributed by atoms with Crippen molar-refractivity contribution in [2.75, 3.05) is 11.6 Å². The smallest absolute Gasteiger partial charge is 0.241 e. The lowest BCUT2D eigenvalue weighted by Crippen LogP contribution is -2.35. The fraction of sp³-hybridized carbons (Fsp3) is 0.417. The first kappa shape index (κ1) is 17.9. The molecule has 0 spiro atoms. The van der Waals surface area contributed by atoms with Gasteiger partial charge in [0.25, 0.3) is 0 Å². The van der Waals surface area contributed by atoms with Gasteiger partial charge in [-0.25, -0.2) is 8.42 Å². The summed E-state index contributed by atoms with van der Waals surface area (Å²) in [6.07, 6.45) is 2.53. The minimum atomic E-state index is -3.27. The lowest BCUT2D eigenvalue weighted by Gasteiger charge is -2.11. The molecule has 0 fully saturated rings. The summed E-state index contributed by atoms with van der Waals surface area (Å²) in [5.41, 5.74) is 6.11. The molecule has 1 atom stereocenters. The van der Waals surface area contributed by atoms with Gasteiger partial charge in [0.2, 0.25) is 5.91 Å². The maximum atomic E-state index is 11.7. The third-order valence-electron chi connectivity index (χ3n) is 2.47. The Hall–Kier alpha value is -1.11. The largest absolute Gasteiger partial charge is 0.325 e. The highest BCUT2D eigenvalue weighted by molar-refractivity contribution is 7.90. The van der Waals surface area contributed by atoms with Crippen LogP contribution in [-0.2, 0) is 14.6 Å². The predicted molar refractivity (Wildman–Crippen MR) is 78.3 cm³/mol. The van der Waals surface area contributed by atoms with Crippen LogP contribution < -0.4 is 11.1 Å². The molecule has 0 heterocycles. The van der Waals surface area contributed by atoms with Crippen molar-refractivity contribution in [1.29, 1.82) is 0 Å². The van der Waals surface area contributed by atoms with Crippen LogP contribution in [0, 0.1) is 0 Å². The number of amides is 1. The van der Waals surface area contributed by atoms with Crippen LogP contribution in [0.4, 0.5) is 5.69 Å². The zero-order valence-electron chi connectivity index (χ0n) is 10.9. The number of rotatable bonds is 5. The Morgan fingerprint density at radius 3 is 2.58 bits per heavy atom. The first-order valence-electron chi connectivity index (χ1n) is 5.71. The van der Waals surface area contributed by atoms with Crippen LogP contribution in [-0.4, -0.2) is 26.6 Å². The fourth-order valence-corrected chi connectivity index (χ4v) is 2.15. The molecular weight excluding hydrogens is 288 g/mol. The Morgan fingerprint density at radius 1 is 1.42 bits per heavy atom. The highest BCUT2D eigenvalue weighted by Crippen LogP contribution is 2.15. The van der Waals surface area contributed by atoms with Crippen LogP contribution in [0.25, 0.3) is 0 Å². The van der Waals surface area contributed by atoms with Crippen molar-refractivity contribution < 1.29 is 13.2 Å². The maximum absolute atomic E-state index is 11.7. The summed E-state index contributed by atoms with van der Waals surface area (Å²) in [4.78, 5) is 11.8. The van der Waals surface area contributed by atoms with E-state index in [0.29, 0.717) is 12.1 Å². The molecule has 0 radical (unpaired) electrons. The highest BCUT2D eigenvalue weighted by atomic mass is 35.5. The molecule has 108 valence electrons. The summed E-state index contributed by atoms with van der Waals surface area (Å²) in [6.45, 7) is 1.94. The Bertz CT molecular complexity index is 532. The van der Waals surface area contributed by atoms with E-state index in [0.717, 1.165) is 12.7 Å². The first-order valence-corrected chi connectivity index (χ1v) is 7.60. The average molecular weight is 307 g/mol. The van der Waals surface area contributed by atoms with Crippen molar-refractivity contribution in [1.82, 2.24) is 0 Å². The molecule has 1 unspecified atom stereocenters. The van der Waals surface area contributed by atoms with Crippen LogP contribution in [0.2, 0.25) is 0 Å². The maximum Gasteiger partial charge on any atom is 0.241 e. The number of hydrogen-bond acceptors (Lipinski definition) is 4. The summed E-state index contributed by atoms with van der Waals surface area (Å²) < 4.78 is 22.7. The van der Waals surface area contributed by atoms with Gasteiger partial charge < -0.3 is 11.1 Å². The molecule has 5 nitrogen and oxygen atoms in total. The second-order valence-electron chi connectivity index (χ2n) is 4.18. The van der Waals surface area contributed by atoms with Crippen molar-refractivity contribution >= 4 is 33.8 Å². The molecule has 1 aromatic rings. The number of carbonyl (C=O) groups is 1. The normalized spacial score (nSPS) is 12.4. The SMILES string of the molecule is CCCC(N)C(=O)Nc1cccc(S(C)(=O)=O)c1.Cl. The Kier molecular flexibility index (Phi) is 7.04. The minimum Gasteiger partial charge on any atom is -0.325 e. The molecule has 1 aromatic carbocycles. The molecule has 0 saturated carbocycles. The van der Waals surface area contributed by atoms with Gasteiger partial charge in [0.15, 0.2) is 9.84 Å². The van der Waals surface area contributed by atoms with Gasteiger partial charge in [-0.05, 0) is 24.6 Å². The van der Waals surface area contributed by atoms with Gasteiger partial charge in [-0.2, -0.15) is 0 Å². The van der Waals surface area contributed by atoms with E-state index in [1.807, 2.05) is 6.92 Å². The molecule has 0 bridgehead atoms. The van der Waals surface area contributed by atoms with Gasteiger partial charge in [0.1, 0.15) is 0 Å². The number of hydrogen-bond donors (Lipinski definition) is 2. The predicted octanol–water partition coefficient (Wildman–Crippen LogP) is 1.58. The van der Waals surface area contributed by atoms with E-state index in [4.69, 9.17) is 5.73 Å². The topological polar surface area (TPSA) is 89.3 Å². The zero-order valence-corrected chi connectivity index (χ0v) is 12.6. The molecule has 0 saturated heterocycles. The second kappa shape index (κ2) is 7.47. The van der Waals surface area contributed by atoms with Crippen molar-refractivity contribution in [3.63, 3.8) is 0 Å². The number of anilines is 1. The highest BCUT2D eigenvalue weighted by Gasteiger charge is 2.13. The van der Waals surface area contributed by atoms with E-state index in [9.17, 15) is 13.2 Å². The van der Waals surface area contributed by atoms with Gasteiger partial charge in [-0.3, -0.25) is 4.79 Å². The molecule has 0 aliphatic carbocycles. The summed E-state index contributed by atoms with van der Waals surface area (Å²) in [6, 6.07) is 5.54. The van der Waals surface area contributed by atoms with E-state index in [1.165, 1.54) is 12.1 Å². The van der Waals surface area contributed by atoms with Crippen molar-refractivity contribution in [2.45, 2.75) is 30.7 Å². The van der Waals surface area contributed by atoms with Crippen LogP contribution in [0.15, 0.2) is 29.2 Å². The Labute approximate surface area is 119 Å².